The topological polar surface area (TPSA) is 105 Å². The van der Waals surface area contributed by atoms with Crippen LogP contribution in [0.2, 0.25) is 0 Å². The lowest BCUT2D eigenvalue weighted by Gasteiger charge is -2.51. The highest BCUT2D eigenvalue weighted by atomic mass is 19.1. The Kier molecular flexibility index (Phi) is 5.06. The third kappa shape index (κ3) is 3.74. The fourth-order valence-corrected chi connectivity index (χ4v) is 5.09. The number of halogens is 1. The van der Waals surface area contributed by atoms with Crippen LogP contribution in [0.1, 0.15) is 24.8 Å². The second-order valence-corrected chi connectivity index (χ2v) is 9.36. The monoisotopic (exact) mass is 476 g/mol. The van der Waals surface area contributed by atoms with Gasteiger partial charge in [-0.3, -0.25) is 15.1 Å². The number of hydrogen-bond acceptors (Lipinski definition) is 6. The minimum absolute atomic E-state index is 0.0312. The van der Waals surface area contributed by atoms with Crippen LogP contribution < -0.4 is 10.1 Å². The van der Waals surface area contributed by atoms with Crippen LogP contribution in [0.4, 0.5) is 4.39 Å². The maximum atomic E-state index is 15.4. The zero-order valence-corrected chi connectivity index (χ0v) is 19.1. The molecule has 1 amide bonds. The highest BCUT2D eigenvalue weighted by Gasteiger charge is 2.56. The van der Waals surface area contributed by atoms with Gasteiger partial charge in [0.25, 0.3) is 0 Å². The van der Waals surface area contributed by atoms with Crippen molar-refractivity contribution in [2.75, 3.05) is 13.7 Å². The van der Waals surface area contributed by atoms with E-state index in [1.54, 1.807) is 42.3 Å². The summed E-state index contributed by atoms with van der Waals surface area (Å²) in [5.41, 5.74) is -0.188. The van der Waals surface area contributed by atoms with Crippen LogP contribution in [0.3, 0.4) is 0 Å². The first-order chi connectivity index (χ1) is 16.9. The molecule has 3 fully saturated rings. The molecule has 2 N–H and O–H groups in total. The molecule has 3 atom stereocenters. The normalized spacial score (nSPS) is 26.3. The first-order valence-electron chi connectivity index (χ1n) is 11.6. The first kappa shape index (κ1) is 21.7. The maximum absolute atomic E-state index is 15.4. The summed E-state index contributed by atoms with van der Waals surface area (Å²) in [5, 5.41) is 15.7. The van der Waals surface area contributed by atoms with Gasteiger partial charge in [0, 0.05) is 37.3 Å². The molecule has 0 spiro atoms. The molecule has 10 heteroatoms. The molecule has 2 aromatic heterocycles. The summed E-state index contributed by atoms with van der Waals surface area (Å²) in [5.74, 6) is -0.220. The molecule has 1 aromatic carbocycles. The van der Waals surface area contributed by atoms with Crippen molar-refractivity contribution >= 4 is 11.9 Å². The lowest BCUT2D eigenvalue weighted by molar-refractivity contribution is -0.150. The number of carbonyl (C=O) groups excluding carboxylic acids is 1. The third-order valence-electron chi connectivity index (χ3n) is 7.17. The fourth-order valence-electron chi connectivity index (χ4n) is 5.09. The van der Waals surface area contributed by atoms with Crippen LogP contribution in [-0.4, -0.2) is 51.3 Å². The summed E-state index contributed by atoms with van der Waals surface area (Å²) < 4.78 is 29.2. The molecule has 0 unspecified atom stereocenters. The average Bonchev–Trinajstić information content (AvgIpc) is 3.57. The number of fused-ring (bicyclic) bond motifs is 1. The van der Waals surface area contributed by atoms with Gasteiger partial charge in [0.1, 0.15) is 17.1 Å². The van der Waals surface area contributed by atoms with Crippen molar-refractivity contribution in [3.63, 3.8) is 0 Å². The smallest absolute Gasteiger partial charge is 0.235 e. The van der Waals surface area contributed by atoms with E-state index in [2.05, 4.69) is 15.4 Å². The largest absolute Gasteiger partial charge is 0.439 e. The van der Waals surface area contributed by atoms with Crippen LogP contribution >= 0.6 is 0 Å². The van der Waals surface area contributed by atoms with E-state index in [0.29, 0.717) is 24.0 Å². The number of benzene rings is 1. The molecular formula is C25H25FN6O3. The number of guanidine groups is 1. The van der Waals surface area contributed by atoms with Crippen LogP contribution in [0.25, 0.3) is 5.69 Å². The molecule has 0 bridgehead atoms. The molecule has 4 heterocycles. The van der Waals surface area contributed by atoms with Gasteiger partial charge >= 0.3 is 0 Å². The Labute approximate surface area is 201 Å². The van der Waals surface area contributed by atoms with E-state index in [4.69, 9.17) is 14.9 Å². The summed E-state index contributed by atoms with van der Waals surface area (Å²) in [4.78, 5) is 18.9. The van der Waals surface area contributed by atoms with Crippen LogP contribution in [0.5, 0.6) is 11.6 Å². The Morgan fingerprint density at radius 1 is 1.26 bits per heavy atom. The van der Waals surface area contributed by atoms with Gasteiger partial charge in [-0.2, -0.15) is 5.10 Å². The van der Waals surface area contributed by atoms with E-state index >= 15 is 4.39 Å². The number of rotatable bonds is 5. The summed E-state index contributed by atoms with van der Waals surface area (Å²) in [6.45, 7) is 0.0915. The SMILES string of the molecule is CN1C(=N)N[C@@]2(c3cc(Oc4cc(-n5cccn5)ccn4)ccc3F)CO[C@@H](C3CC3)C[C@H]2C1=O. The molecule has 1 aliphatic carbocycles. The first-order valence-corrected chi connectivity index (χ1v) is 11.6. The molecular weight excluding hydrogens is 451 g/mol. The van der Waals surface area contributed by atoms with Gasteiger partial charge in [0.2, 0.25) is 11.8 Å². The number of amides is 1. The van der Waals surface area contributed by atoms with E-state index in [9.17, 15) is 4.79 Å². The standard InChI is InChI=1S/C25H25FN6O3/c1-31-23(33)19-13-21(15-3-4-15)34-14-25(19,30-24(31)27)18-12-17(5-6-20(18)26)35-22-11-16(7-9-28-22)32-10-2-8-29-32/h2,5-12,15,19,21H,3-4,13-14H2,1H3,(H2,27,30)/t19-,21+,25+/m0/s1. The molecule has 35 heavy (non-hydrogen) atoms. The van der Waals surface area contributed by atoms with Gasteiger partial charge in [-0.15, -0.1) is 0 Å². The highest BCUT2D eigenvalue weighted by molar-refractivity contribution is 6.00. The second-order valence-electron chi connectivity index (χ2n) is 9.36. The number of hydrogen-bond donors (Lipinski definition) is 2. The number of ether oxygens (including phenoxy) is 2. The molecule has 2 aliphatic heterocycles. The van der Waals surface area contributed by atoms with Crippen LogP contribution in [-0.2, 0) is 15.1 Å². The molecule has 9 nitrogen and oxygen atoms in total. The quantitative estimate of drug-likeness (QED) is 0.586. The summed E-state index contributed by atoms with van der Waals surface area (Å²) in [6.07, 6.45) is 7.71. The lowest BCUT2D eigenvalue weighted by Crippen LogP contribution is -2.69. The predicted octanol–water partition coefficient (Wildman–Crippen LogP) is 3.21. The molecule has 1 saturated carbocycles. The zero-order valence-electron chi connectivity index (χ0n) is 19.1. The van der Waals surface area contributed by atoms with E-state index in [1.807, 2.05) is 12.3 Å². The van der Waals surface area contributed by atoms with Crippen molar-refractivity contribution in [3.05, 3.63) is 66.4 Å². The maximum Gasteiger partial charge on any atom is 0.235 e. The zero-order chi connectivity index (χ0) is 24.2. The highest BCUT2D eigenvalue weighted by Crippen LogP contribution is 2.48. The van der Waals surface area contributed by atoms with Gasteiger partial charge in [0.15, 0.2) is 5.96 Å². The Morgan fingerprint density at radius 3 is 2.89 bits per heavy atom. The molecule has 6 rings (SSSR count). The fraction of sp³-hybridized carbons (Fsp3) is 0.360. The third-order valence-corrected chi connectivity index (χ3v) is 7.17. The van der Waals surface area contributed by atoms with Gasteiger partial charge in [-0.25, -0.2) is 14.1 Å². The molecule has 0 radical (unpaired) electrons. The minimum atomic E-state index is -1.19. The second kappa shape index (κ2) is 8.16. The lowest BCUT2D eigenvalue weighted by atomic mass is 9.71. The summed E-state index contributed by atoms with van der Waals surface area (Å²) in [7, 11) is 1.57. The number of pyridine rings is 1. The molecule has 2 saturated heterocycles. The van der Waals surface area contributed by atoms with Gasteiger partial charge in [-0.1, -0.05) is 0 Å². The van der Waals surface area contributed by atoms with Crippen molar-refractivity contribution in [1.82, 2.24) is 25.0 Å². The Morgan fingerprint density at radius 2 is 2.11 bits per heavy atom. The predicted molar refractivity (Wildman–Crippen MR) is 124 cm³/mol. The Hall–Kier alpha value is -3.79. The minimum Gasteiger partial charge on any atom is -0.439 e. The molecule has 3 aliphatic rings. The van der Waals surface area contributed by atoms with Crippen molar-refractivity contribution in [3.8, 4) is 17.3 Å². The number of nitrogens with zero attached hydrogens (tertiary/aromatic N) is 4. The number of aromatic nitrogens is 3. The van der Waals surface area contributed by atoms with Crippen molar-refractivity contribution in [1.29, 1.82) is 5.41 Å². The summed E-state index contributed by atoms with van der Waals surface area (Å²) in [6, 6.07) is 9.75. The Bertz CT molecular complexity index is 1290. The van der Waals surface area contributed by atoms with Crippen LogP contribution in [0.15, 0.2) is 55.0 Å². The summed E-state index contributed by atoms with van der Waals surface area (Å²) >= 11 is 0. The van der Waals surface area contributed by atoms with Crippen molar-refractivity contribution in [2.24, 2.45) is 11.8 Å². The number of carbonyl (C=O) groups is 1. The van der Waals surface area contributed by atoms with E-state index in [0.717, 1.165) is 18.5 Å². The van der Waals surface area contributed by atoms with E-state index in [-0.39, 0.29) is 30.1 Å². The van der Waals surface area contributed by atoms with E-state index in [1.165, 1.54) is 17.0 Å². The van der Waals surface area contributed by atoms with Gasteiger partial charge in [-0.05, 0) is 55.5 Å². The van der Waals surface area contributed by atoms with Gasteiger partial charge < -0.3 is 14.8 Å². The molecule has 3 aromatic rings. The number of nitrogens with one attached hydrogen (secondary N) is 2. The molecule has 180 valence electrons. The van der Waals surface area contributed by atoms with Crippen molar-refractivity contribution in [2.45, 2.75) is 30.9 Å². The van der Waals surface area contributed by atoms with Gasteiger partial charge in [0.05, 0.1) is 24.3 Å². The average molecular weight is 477 g/mol. The van der Waals surface area contributed by atoms with Crippen molar-refractivity contribution < 1.29 is 18.7 Å². The van der Waals surface area contributed by atoms with Crippen LogP contribution in [0, 0.1) is 23.1 Å². The van der Waals surface area contributed by atoms with E-state index < -0.39 is 17.3 Å². The Balaban J connectivity index is 1.35.